The van der Waals surface area contributed by atoms with Crippen molar-refractivity contribution in [3.63, 3.8) is 0 Å². The molecule has 0 atom stereocenters. The summed E-state index contributed by atoms with van der Waals surface area (Å²) < 4.78 is 271. The van der Waals surface area contributed by atoms with E-state index in [0.29, 0.717) is 15.9 Å². The molecule has 0 aromatic heterocycles. The minimum atomic E-state index is -8.58. The van der Waals surface area contributed by atoms with Crippen LogP contribution in [-0.2, 0) is 4.74 Å². The maximum absolute atomic E-state index is 15.0. The Labute approximate surface area is 174 Å². The molecule has 0 amide bonds. The largest absolute Gasteiger partial charge is 0.419 e. The molecular formula is C12BrF19O. The first-order valence-electron chi connectivity index (χ1n) is 7.44. The highest BCUT2D eigenvalue weighted by atomic mass is 79.9. The molecule has 33 heavy (non-hydrogen) atoms. The minimum absolute atomic E-state index is 0.629. The van der Waals surface area contributed by atoms with Gasteiger partial charge in [0.1, 0.15) is 0 Å². The SMILES string of the molecule is FC(F)(Br)OC(F)(F)C1(F)C2(F)C(F)(F)C3(F)C(F)(F)C(F)(C2(F)F)C(F)(F)C1(F)C3(F)F. The van der Waals surface area contributed by atoms with Crippen molar-refractivity contribution in [3.8, 4) is 0 Å². The maximum Gasteiger partial charge on any atom is 0.419 e. The Morgan fingerprint density at radius 1 is 0.424 bits per heavy atom. The molecule has 4 rings (SSSR count). The van der Waals surface area contributed by atoms with Crippen molar-refractivity contribution in [1.29, 1.82) is 0 Å². The van der Waals surface area contributed by atoms with Crippen molar-refractivity contribution in [2.75, 3.05) is 0 Å². The Kier molecular flexibility index (Phi) is 4.39. The molecule has 4 fully saturated rings. The highest BCUT2D eigenvalue weighted by Crippen LogP contribution is 2.90. The van der Waals surface area contributed by atoms with Crippen LogP contribution in [0.3, 0.4) is 0 Å². The normalized spacial score (nSPS) is 48.7. The lowest BCUT2D eigenvalue weighted by Crippen LogP contribution is -3.10. The fraction of sp³-hybridized carbons (Fsp3) is 1.00. The molecule has 0 unspecified atom stereocenters. The smallest absolute Gasteiger partial charge is 0.243 e. The van der Waals surface area contributed by atoms with Crippen molar-refractivity contribution >= 4 is 15.9 Å². The Morgan fingerprint density at radius 3 is 0.848 bits per heavy atom. The summed E-state index contributed by atoms with van der Waals surface area (Å²) in [5, 5.41) is -6.03. The first kappa shape index (κ1) is 26.7. The first-order valence-corrected chi connectivity index (χ1v) is 8.23. The van der Waals surface area contributed by atoms with Crippen LogP contribution in [-0.4, -0.2) is 69.1 Å². The molecule has 194 valence electrons. The van der Waals surface area contributed by atoms with Crippen LogP contribution in [0, 0.1) is 0 Å². The van der Waals surface area contributed by atoms with Gasteiger partial charge in [-0.1, -0.05) is 0 Å². The Hall–Kier alpha value is -0.890. The zero-order valence-corrected chi connectivity index (χ0v) is 15.6. The Morgan fingerprint density at radius 2 is 0.636 bits per heavy atom. The molecule has 0 aromatic carbocycles. The highest BCUT2D eigenvalue weighted by Gasteiger charge is 3.24. The van der Waals surface area contributed by atoms with Crippen molar-refractivity contribution < 1.29 is 88.2 Å². The number of ether oxygens (including phenoxy) is 1. The van der Waals surface area contributed by atoms with E-state index in [4.69, 9.17) is 0 Å². The van der Waals surface area contributed by atoms with E-state index in [-0.39, 0.29) is 0 Å². The van der Waals surface area contributed by atoms with Crippen LogP contribution in [0.2, 0.25) is 0 Å². The molecule has 0 spiro atoms. The van der Waals surface area contributed by atoms with Gasteiger partial charge in [0, 0.05) is 15.9 Å². The van der Waals surface area contributed by atoms with Gasteiger partial charge in [0.15, 0.2) is 0 Å². The van der Waals surface area contributed by atoms with E-state index < -0.39 is 69.1 Å². The molecule has 0 aromatic rings. The lowest BCUT2D eigenvalue weighted by molar-refractivity contribution is -0.617. The number of halogens is 20. The van der Waals surface area contributed by atoms with Crippen molar-refractivity contribution in [1.82, 2.24) is 0 Å². The summed E-state index contributed by atoms with van der Waals surface area (Å²) in [6.45, 7) is 0. The summed E-state index contributed by atoms with van der Waals surface area (Å²) in [5.74, 6) is -42.0. The van der Waals surface area contributed by atoms with Crippen molar-refractivity contribution in [2.24, 2.45) is 0 Å². The Balaban J connectivity index is 2.70. The van der Waals surface area contributed by atoms with Gasteiger partial charge >= 0.3 is 52.1 Å². The molecule has 0 N–H and O–H groups in total. The summed E-state index contributed by atoms with van der Waals surface area (Å²) in [6, 6.07) is 0. The van der Waals surface area contributed by atoms with E-state index in [1.54, 1.807) is 4.74 Å². The van der Waals surface area contributed by atoms with Crippen molar-refractivity contribution in [2.45, 2.75) is 69.1 Å². The van der Waals surface area contributed by atoms with E-state index in [1.807, 2.05) is 0 Å². The van der Waals surface area contributed by atoms with Crippen LogP contribution in [0.25, 0.3) is 0 Å². The van der Waals surface area contributed by atoms with Crippen molar-refractivity contribution in [3.05, 3.63) is 0 Å². The highest BCUT2D eigenvalue weighted by molar-refractivity contribution is 9.09. The zero-order chi connectivity index (χ0) is 26.7. The summed E-state index contributed by atoms with van der Waals surface area (Å²) >= 11 is 0.629. The number of rotatable bonds is 3. The third-order valence-electron chi connectivity index (χ3n) is 5.92. The van der Waals surface area contributed by atoms with Gasteiger partial charge < -0.3 is 0 Å². The standard InChI is InChI=1S/C12BrF19O/c13-12(31,32)33-11(29,30)1(14)2(15)6(19,20)4(17)8(23,24)3(1,16)9(25,26)5(18,7(2,21)22)10(4,27)28. The minimum Gasteiger partial charge on any atom is -0.243 e. The molecule has 4 bridgehead atoms. The molecule has 0 heterocycles. The van der Waals surface area contributed by atoms with E-state index in [2.05, 4.69) is 0 Å². The van der Waals surface area contributed by atoms with E-state index in [1.165, 1.54) is 0 Å². The van der Waals surface area contributed by atoms with Gasteiger partial charge in [-0.05, 0) is 0 Å². The van der Waals surface area contributed by atoms with Gasteiger partial charge in [-0.25, -0.2) is 26.7 Å². The van der Waals surface area contributed by atoms with Gasteiger partial charge in [-0.2, -0.15) is 61.5 Å². The Bertz CT molecular complexity index is 817. The first-order chi connectivity index (χ1) is 14.0. The second-order valence-corrected chi connectivity index (χ2v) is 8.15. The molecule has 0 radical (unpaired) electrons. The summed E-state index contributed by atoms with van der Waals surface area (Å²) in [4.78, 5) is 0. The molecule has 0 aliphatic heterocycles. The van der Waals surface area contributed by atoms with Crippen LogP contribution in [0.15, 0.2) is 0 Å². The maximum atomic E-state index is 15.0. The van der Waals surface area contributed by atoms with Crippen LogP contribution in [0.4, 0.5) is 83.4 Å². The summed E-state index contributed by atoms with van der Waals surface area (Å²) in [7, 11) is 0. The van der Waals surface area contributed by atoms with Gasteiger partial charge in [0.05, 0.1) is 0 Å². The lowest BCUT2D eigenvalue weighted by atomic mass is 9.37. The molecule has 4 aliphatic rings. The second kappa shape index (κ2) is 5.42. The van der Waals surface area contributed by atoms with Crippen LogP contribution in [0.5, 0.6) is 0 Å². The average molecular weight is 601 g/mol. The van der Waals surface area contributed by atoms with E-state index in [9.17, 15) is 79.0 Å². The predicted octanol–water partition coefficient (Wildman–Crippen LogP) is 6.30. The van der Waals surface area contributed by atoms with E-state index >= 15 is 4.39 Å². The monoisotopic (exact) mass is 600 g/mol. The zero-order valence-electron chi connectivity index (χ0n) is 14.0. The molecule has 21 heteroatoms. The lowest BCUT2D eigenvalue weighted by Gasteiger charge is -2.75. The van der Waals surface area contributed by atoms with Gasteiger partial charge in [0.25, 0.3) is 17.0 Å². The number of hydrogen-bond donors (Lipinski definition) is 0. The van der Waals surface area contributed by atoms with Crippen LogP contribution >= 0.6 is 15.9 Å². The topological polar surface area (TPSA) is 9.23 Å². The molecule has 4 aliphatic carbocycles. The third kappa shape index (κ3) is 1.77. The number of alkyl halides is 20. The molecular weight excluding hydrogens is 601 g/mol. The predicted molar refractivity (Wildman–Crippen MR) is 63.8 cm³/mol. The number of hydrogen-bond acceptors (Lipinski definition) is 1. The summed E-state index contributed by atoms with van der Waals surface area (Å²) in [5.41, 5.74) is -42.0. The van der Waals surface area contributed by atoms with Crippen LogP contribution < -0.4 is 0 Å². The second-order valence-electron chi connectivity index (χ2n) is 7.23. The average Bonchev–Trinajstić information content (AvgIpc) is 2.58. The fourth-order valence-electron chi connectivity index (χ4n) is 4.48. The van der Waals surface area contributed by atoms with Gasteiger partial charge in [-0.3, -0.25) is 0 Å². The van der Waals surface area contributed by atoms with E-state index in [0.717, 1.165) is 0 Å². The van der Waals surface area contributed by atoms with Gasteiger partial charge in [0.2, 0.25) is 0 Å². The molecule has 0 saturated heterocycles. The van der Waals surface area contributed by atoms with Gasteiger partial charge in [-0.15, -0.1) is 0 Å². The summed E-state index contributed by atoms with van der Waals surface area (Å²) in [6.07, 6.45) is -8.03. The van der Waals surface area contributed by atoms with Crippen LogP contribution in [0.1, 0.15) is 0 Å². The quantitative estimate of drug-likeness (QED) is 0.273. The molecule has 4 saturated carbocycles. The fourth-order valence-corrected chi connectivity index (χ4v) is 4.69. The molecule has 1 nitrogen and oxygen atoms in total. The third-order valence-corrected chi connectivity index (χ3v) is 6.08.